The largest absolute Gasteiger partial charge is 0.393 e. The standard InChI is InChI=1S/C33H55NO3/c1-32-19-17-26(35)22-24(32)21-23(31-27-15-16-29(36)33(27,2)20-18-28(31)32)11-7-4-3-5-10-14-30(37)34-25-12-8-6-9-13-25/h23-25,27-29,31,36H,3-22H2,1-2H3,(H,34,37)/t23?,24?,27-,28+,29?,31-,32-,33-/m0/s1. The SMILES string of the molecule is C[C@]12CCC(=O)CC1CC(CCCCCCCC(=O)NC1CCCCC1)[C@@H]1[C@H]2CC[C@]2(C)C(O)CC[C@@H]12. The van der Waals surface area contributed by atoms with Crippen molar-refractivity contribution in [3.63, 3.8) is 0 Å². The zero-order valence-electron chi connectivity index (χ0n) is 23.9. The second kappa shape index (κ2) is 11.7. The number of amides is 1. The van der Waals surface area contributed by atoms with Crippen LogP contribution in [-0.2, 0) is 9.59 Å². The van der Waals surface area contributed by atoms with Crippen LogP contribution in [0.2, 0.25) is 0 Å². The van der Waals surface area contributed by atoms with E-state index >= 15 is 0 Å². The zero-order valence-corrected chi connectivity index (χ0v) is 23.9. The molecule has 1 amide bonds. The highest BCUT2D eigenvalue weighted by atomic mass is 16.3. The summed E-state index contributed by atoms with van der Waals surface area (Å²) in [6, 6.07) is 0.435. The molecule has 0 aromatic rings. The van der Waals surface area contributed by atoms with Gasteiger partial charge in [0.1, 0.15) is 5.78 Å². The summed E-state index contributed by atoms with van der Waals surface area (Å²) in [5.41, 5.74) is 0.452. The molecule has 0 radical (unpaired) electrons. The second-order valence-electron chi connectivity index (χ2n) is 14.6. The van der Waals surface area contributed by atoms with Crippen LogP contribution in [0.15, 0.2) is 0 Å². The molecule has 0 spiro atoms. The topological polar surface area (TPSA) is 66.4 Å². The van der Waals surface area contributed by atoms with Gasteiger partial charge in [-0.05, 0) is 98.2 Å². The minimum absolute atomic E-state index is 0.116. The van der Waals surface area contributed by atoms with Crippen molar-refractivity contribution in [3.05, 3.63) is 0 Å². The molecule has 4 heteroatoms. The lowest BCUT2D eigenvalue weighted by Gasteiger charge is -2.62. The summed E-state index contributed by atoms with van der Waals surface area (Å²) in [5.74, 6) is 4.24. The molecule has 5 aliphatic carbocycles. The molecule has 4 nitrogen and oxygen atoms in total. The fraction of sp³-hybridized carbons (Fsp3) is 0.939. The van der Waals surface area contributed by atoms with Gasteiger partial charge >= 0.3 is 0 Å². The van der Waals surface area contributed by atoms with Crippen molar-refractivity contribution in [3.8, 4) is 0 Å². The van der Waals surface area contributed by atoms with Crippen LogP contribution in [0.25, 0.3) is 0 Å². The number of rotatable bonds is 9. The predicted molar refractivity (Wildman–Crippen MR) is 149 cm³/mol. The summed E-state index contributed by atoms with van der Waals surface area (Å²) in [5, 5.41) is 14.2. The minimum Gasteiger partial charge on any atom is -0.393 e. The average Bonchev–Trinajstić information content (AvgIpc) is 3.19. The molecule has 0 aromatic heterocycles. The van der Waals surface area contributed by atoms with E-state index in [0.29, 0.717) is 35.5 Å². The molecular weight excluding hydrogens is 458 g/mol. The van der Waals surface area contributed by atoms with Crippen LogP contribution < -0.4 is 5.32 Å². The molecule has 0 saturated heterocycles. The highest BCUT2D eigenvalue weighted by Crippen LogP contribution is 2.67. The van der Waals surface area contributed by atoms with Crippen molar-refractivity contribution in [1.29, 1.82) is 0 Å². The van der Waals surface area contributed by atoms with Gasteiger partial charge in [-0.3, -0.25) is 9.59 Å². The number of carbonyl (C=O) groups is 2. The molecule has 5 aliphatic rings. The minimum atomic E-state index is -0.118. The smallest absolute Gasteiger partial charge is 0.220 e. The van der Waals surface area contributed by atoms with Crippen LogP contribution in [0.4, 0.5) is 0 Å². The number of nitrogens with one attached hydrogen (secondary N) is 1. The Kier molecular flexibility index (Phi) is 8.74. The van der Waals surface area contributed by atoms with Crippen molar-refractivity contribution < 1.29 is 14.7 Å². The molecule has 0 heterocycles. The van der Waals surface area contributed by atoms with Gasteiger partial charge in [0.2, 0.25) is 5.91 Å². The number of carbonyl (C=O) groups excluding carboxylic acids is 2. The highest BCUT2D eigenvalue weighted by Gasteiger charge is 2.62. The molecule has 5 rings (SSSR count). The fourth-order valence-electron chi connectivity index (χ4n) is 10.3. The molecule has 3 unspecified atom stereocenters. The Morgan fingerprint density at radius 3 is 2.43 bits per heavy atom. The number of ketones is 1. The summed E-state index contributed by atoms with van der Waals surface area (Å²) >= 11 is 0. The number of unbranched alkanes of at least 4 members (excludes halogenated alkanes) is 4. The first kappa shape index (κ1) is 27.7. The normalized spacial score (nSPS) is 42.1. The zero-order chi connectivity index (χ0) is 26.0. The van der Waals surface area contributed by atoms with Gasteiger partial charge in [-0.2, -0.15) is 0 Å². The monoisotopic (exact) mass is 513 g/mol. The Balaban J connectivity index is 1.11. The van der Waals surface area contributed by atoms with Gasteiger partial charge in [-0.1, -0.05) is 65.2 Å². The molecule has 8 atom stereocenters. The first-order valence-electron chi connectivity index (χ1n) is 16.3. The predicted octanol–water partition coefficient (Wildman–Crippen LogP) is 7.36. The van der Waals surface area contributed by atoms with Crippen molar-refractivity contribution in [2.24, 2.45) is 40.4 Å². The summed E-state index contributed by atoms with van der Waals surface area (Å²) < 4.78 is 0. The molecule has 37 heavy (non-hydrogen) atoms. The number of aliphatic hydroxyl groups excluding tert-OH is 1. The van der Waals surface area contributed by atoms with Gasteiger partial charge in [0.05, 0.1) is 6.10 Å². The van der Waals surface area contributed by atoms with Crippen LogP contribution in [0.1, 0.15) is 142 Å². The van der Waals surface area contributed by atoms with Crippen molar-refractivity contribution in [1.82, 2.24) is 5.32 Å². The Morgan fingerprint density at radius 2 is 1.62 bits per heavy atom. The fourth-order valence-corrected chi connectivity index (χ4v) is 10.3. The number of hydrogen-bond acceptors (Lipinski definition) is 3. The first-order chi connectivity index (χ1) is 17.8. The molecule has 0 aliphatic heterocycles. The summed E-state index contributed by atoms with van der Waals surface area (Å²) in [6.07, 6.45) is 22.6. The van der Waals surface area contributed by atoms with E-state index in [9.17, 15) is 14.7 Å². The lowest BCUT2D eigenvalue weighted by Crippen LogP contribution is -2.57. The van der Waals surface area contributed by atoms with Crippen LogP contribution in [-0.4, -0.2) is 28.9 Å². The molecule has 210 valence electrons. The van der Waals surface area contributed by atoms with E-state index in [4.69, 9.17) is 0 Å². The third-order valence-electron chi connectivity index (χ3n) is 12.6. The highest BCUT2D eigenvalue weighted by molar-refractivity contribution is 5.79. The quantitative estimate of drug-likeness (QED) is 0.316. The van der Waals surface area contributed by atoms with Gasteiger partial charge in [0.25, 0.3) is 0 Å². The van der Waals surface area contributed by atoms with Crippen molar-refractivity contribution >= 4 is 11.7 Å². The summed E-state index contributed by atoms with van der Waals surface area (Å²) in [6.45, 7) is 4.93. The van der Waals surface area contributed by atoms with Crippen molar-refractivity contribution in [2.75, 3.05) is 0 Å². The lowest BCUT2D eigenvalue weighted by atomic mass is 9.42. The van der Waals surface area contributed by atoms with E-state index in [0.717, 1.165) is 56.3 Å². The Hall–Kier alpha value is -0.900. The number of hydrogen-bond donors (Lipinski definition) is 2. The van der Waals surface area contributed by atoms with E-state index in [1.807, 2.05) is 0 Å². The van der Waals surface area contributed by atoms with Gasteiger partial charge in [0, 0.05) is 25.3 Å². The van der Waals surface area contributed by atoms with Gasteiger partial charge in [-0.15, -0.1) is 0 Å². The number of fused-ring (bicyclic) bond motifs is 5. The molecule has 0 bridgehead atoms. The first-order valence-corrected chi connectivity index (χ1v) is 16.3. The van der Waals surface area contributed by atoms with Crippen LogP contribution in [0, 0.1) is 40.4 Å². The van der Waals surface area contributed by atoms with Gasteiger partial charge in [0.15, 0.2) is 0 Å². The maximum absolute atomic E-state index is 12.5. The maximum Gasteiger partial charge on any atom is 0.220 e. The van der Waals surface area contributed by atoms with E-state index in [1.165, 1.54) is 83.5 Å². The number of aliphatic hydroxyl groups is 1. The summed E-state index contributed by atoms with van der Waals surface area (Å²) in [7, 11) is 0. The lowest BCUT2D eigenvalue weighted by molar-refractivity contribution is -0.156. The Morgan fingerprint density at radius 1 is 0.892 bits per heavy atom. The Bertz CT molecular complexity index is 805. The average molecular weight is 514 g/mol. The molecule has 2 N–H and O–H groups in total. The number of Topliss-reactive ketones (excluding diaryl/α,β-unsaturated/α-hetero) is 1. The third kappa shape index (κ3) is 5.71. The molecule has 5 saturated carbocycles. The van der Waals surface area contributed by atoms with E-state index in [2.05, 4.69) is 19.2 Å². The molecule has 5 fully saturated rings. The molecule has 0 aromatic carbocycles. The van der Waals surface area contributed by atoms with Gasteiger partial charge in [-0.25, -0.2) is 0 Å². The van der Waals surface area contributed by atoms with E-state index in [1.54, 1.807) is 0 Å². The van der Waals surface area contributed by atoms with Crippen LogP contribution >= 0.6 is 0 Å². The summed E-state index contributed by atoms with van der Waals surface area (Å²) in [4.78, 5) is 24.8. The van der Waals surface area contributed by atoms with E-state index in [-0.39, 0.29) is 17.4 Å². The maximum atomic E-state index is 12.5. The van der Waals surface area contributed by atoms with Crippen molar-refractivity contribution in [2.45, 2.75) is 154 Å². The molecular formula is C33H55NO3. The van der Waals surface area contributed by atoms with Gasteiger partial charge < -0.3 is 10.4 Å². The van der Waals surface area contributed by atoms with E-state index < -0.39 is 0 Å². The van der Waals surface area contributed by atoms with Crippen LogP contribution in [0.5, 0.6) is 0 Å². The third-order valence-corrected chi connectivity index (χ3v) is 12.6. The second-order valence-corrected chi connectivity index (χ2v) is 14.6. The van der Waals surface area contributed by atoms with Crippen LogP contribution in [0.3, 0.4) is 0 Å². The Labute approximate surface area is 226 Å².